The molecule has 0 spiro atoms. The molecule has 1 aliphatic heterocycles. The number of aromatic amines is 1. The Labute approximate surface area is 169 Å². The Bertz CT molecular complexity index is 977. The number of halogens is 3. The number of hydrogen-bond acceptors (Lipinski definition) is 3. The third-order valence-electron chi connectivity index (χ3n) is 4.63. The molecule has 0 radical (unpaired) electrons. The summed E-state index contributed by atoms with van der Waals surface area (Å²) in [6.45, 7) is 1.76. The molecule has 1 aliphatic rings. The molecule has 1 aromatic heterocycles. The zero-order chi connectivity index (χ0) is 19.0. The summed E-state index contributed by atoms with van der Waals surface area (Å²) in [4.78, 5) is 20.0. The number of carbonyl (C=O) groups excluding carboxylic acids is 1. The van der Waals surface area contributed by atoms with Gasteiger partial charge in [-0.25, -0.2) is 14.4 Å². The van der Waals surface area contributed by atoms with E-state index >= 15 is 0 Å². The lowest BCUT2D eigenvalue weighted by atomic mass is 10.1. The van der Waals surface area contributed by atoms with E-state index in [0.717, 1.165) is 36.0 Å². The SMILES string of the molecule is O=C(NN1CCCCC1)c1ccc(-c2nc3cc(Cl)c(F)cc3[nH]2)c(Br)c1. The molecule has 2 N–H and O–H groups in total. The summed E-state index contributed by atoms with van der Waals surface area (Å²) in [6.07, 6.45) is 3.40. The van der Waals surface area contributed by atoms with Gasteiger partial charge in [-0.1, -0.05) is 34.0 Å². The highest BCUT2D eigenvalue weighted by atomic mass is 79.9. The van der Waals surface area contributed by atoms with E-state index in [1.807, 2.05) is 11.1 Å². The van der Waals surface area contributed by atoms with E-state index in [-0.39, 0.29) is 10.9 Å². The van der Waals surface area contributed by atoms with Crippen LogP contribution in [0.2, 0.25) is 5.02 Å². The van der Waals surface area contributed by atoms with Gasteiger partial charge in [0.25, 0.3) is 5.91 Å². The van der Waals surface area contributed by atoms with Gasteiger partial charge in [0.15, 0.2) is 0 Å². The summed E-state index contributed by atoms with van der Waals surface area (Å²) in [6, 6.07) is 8.13. The van der Waals surface area contributed by atoms with Crippen molar-refractivity contribution < 1.29 is 9.18 Å². The first-order valence-electron chi connectivity index (χ1n) is 8.72. The topological polar surface area (TPSA) is 61.0 Å². The molecule has 1 amide bonds. The van der Waals surface area contributed by atoms with Crippen LogP contribution in [0.15, 0.2) is 34.8 Å². The number of imidazole rings is 1. The number of hydrazine groups is 1. The molecule has 2 heterocycles. The molecular formula is C19H17BrClFN4O. The molecule has 1 saturated heterocycles. The van der Waals surface area contributed by atoms with Crippen molar-refractivity contribution in [3.8, 4) is 11.4 Å². The van der Waals surface area contributed by atoms with Crippen LogP contribution >= 0.6 is 27.5 Å². The van der Waals surface area contributed by atoms with Gasteiger partial charge in [0, 0.05) is 34.8 Å². The van der Waals surface area contributed by atoms with Gasteiger partial charge in [-0.3, -0.25) is 10.2 Å². The number of carbonyl (C=O) groups is 1. The van der Waals surface area contributed by atoms with Gasteiger partial charge in [0.05, 0.1) is 16.1 Å². The van der Waals surface area contributed by atoms with E-state index in [0.29, 0.717) is 22.4 Å². The van der Waals surface area contributed by atoms with E-state index in [1.165, 1.54) is 18.6 Å². The molecule has 4 rings (SSSR count). The first-order valence-corrected chi connectivity index (χ1v) is 9.89. The van der Waals surface area contributed by atoms with Crippen LogP contribution < -0.4 is 5.43 Å². The zero-order valence-electron chi connectivity index (χ0n) is 14.4. The predicted octanol–water partition coefficient (Wildman–Crippen LogP) is 4.92. The quantitative estimate of drug-likeness (QED) is 0.594. The van der Waals surface area contributed by atoms with Crippen LogP contribution in [-0.2, 0) is 0 Å². The Balaban J connectivity index is 1.59. The molecule has 0 unspecified atom stereocenters. The predicted molar refractivity (Wildman–Crippen MR) is 107 cm³/mol. The van der Waals surface area contributed by atoms with E-state index in [9.17, 15) is 9.18 Å². The molecule has 1 fully saturated rings. The van der Waals surface area contributed by atoms with Crippen LogP contribution in [0.1, 0.15) is 29.6 Å². The van der Waals surface area contributed by atoms with Crippen molar-refractivity contribution in [2.75, 3.05) is 13.1 Å². The van der Waals surface area contributed by atoms with Crippen molar-refractivity contribution in [2.45, 2.75) is 19.3 Å². The van der Waals surface area contributed by atoms with Gasteiger partial charge in [0.1, 0.15) is 11.6 Å². The summed E-state index contributed by atoms with van der Waals surface area (Å²) in [5, 5.41) is 2.00. The lowest BCUT2D eigenvalue weighted by molar-refractivity contribution is 0.0750. The molecule has 140 valence electrons. The fourth-order valence-corrected chi connectivity index (χ4v) is 3.92. The molecule has 8 heteroatoms. The minimum absolute atomic E-state index is 0.0318. The van der Waals surface area contributed by atoms with Crippen LogP contribution in [0.4, 0.5) is 4.39 Å². The first kappa shape index (κ1) is 18.4. The highest BCUT2D eigenvalue weighted by molar-refractivity contribution is 9.10. The van der Waals surface area contributed by atoms with Gasteiger partial charge >= 0.3 is 0 Å². The summed E-state index contributed by atoms with van der Waals surface area (Å²) in [7, 11) is 0. The number of piperidine rings is 1. The number of nitrogens with one attached hydrogen (secondary N) is 2. The van der Waals surface area contributed by atoms with E-state index in [1.54, 1.807) is 12.1 Å². The number of benzene rings is 2. The minimum atomic E-state index is -0.497. The van der Waals surface area contributed by atoms with Crippen molar-refractivity contribution in [2.24, 2.45) is 0 Å². The second-order valence-electron chi connectivity index (χ2n) is 6.55. The number of rotatable bonds is 3. The summed E-state index contributed by atoms with van der Waals surface area (Å²) in [5.41, 5.74) is 5.42. The third kappa shape index (κ3) is 3.85. The maximum absolute atomic E-state index is 13.6. The smallest absolute Gasteiger partial charge is 0.265 e. The molecule has 5 nitrogen and oxygen atoms in total. The Hall–Kier alpha value is -1.96. The van der Waals surface area contributed by atoms with Gasteiger partial charge < -0.3 is 4.98 Å². The van der Waals surface area contributed by atoms with Crippen molar-refractivity contribution in [3.63, 3.8) is 0 Å². The maximum Gasteiger partial charge on any atom is 0.265 e. The van der Waals surface area contributed by atoms with Crippen LogP contribution in [0.3, 0.4) is 0 Å². The summed E-state index contributed by atoms with van der Waals surface area (Å²) < 4.78 is 14.4. The van der Waals surface area contributed by atoms with Gasteiger partial charge in [-0.15, -0.1) is 0 Å². The van der Waals surface area contributed by atoms with Crippen LogP contribution in [-0.4, -0.2) is 34.0 Å². The van der Waals surface area contributed by atoms with Crippen LogP contribution in [0.25, 0.3) is 22.4 Å². The van der Waals surface area contributed by atoms with Crippen LogP contribution in [0.5, 0.6) is 0 Å². The number of hydrogen-bond donors (Lipinski definition) is 2. The summed E-state index contributed by atoms with van der Waals surface area (Å²) >= 11 is 9.33. The maximum atomic E-state index is 13.6. The average Bonchev–Trinajstić information content (AvgIpc) is 3.05. The number of H-pyrrole nitrogens is 1. The van der Waals surface area contributed by atoms with E-state index < -0.39 is 5.82 Å². The van der Waals surface area contributed by atoms with Crippen molar-refractivity contribution in [3.05, 3.63) is 51.2 Å². The fourth-order valence-electron chi connectivity index (χ4n) is 3.19. The molecule has 3 aromatic rings. The Morgan fingerprint density at radius 2 is 2.00 bits per heavy atom. The summed E-state index contributed by atoms with van der Waals surface area (Å²) in [5.74, 6) is -0.0627. The minimum Gasteiger partial charge on any atom is -0.338 e. The fraction of sp³-hybridized carbons (Fsp3) is 0.263. The Kier molecular flexibility index (Phi) is 5.16. The van der Waals surface area contributed by atoms with Crippen LogP contribution in [0, 0.1) is 5.82 Å². The number of fused-ring (bicyclic) bond motifs is 1. The zero-order valence-corrected chi connectivity index (χ0v) is 16.7. The first-order chi connectivity index (χ1) is 13.0. The van der Waals surface area contributed by atoms with Gasteiger partial charge in [-0.05, 0) is 37.1 Å². The third-order valence-corrected chi connectivity index (χ3v) is 5.57. The van der Waals surface area contributed by atoms with Gasteiger partial charge in [0.2, 0.25) is 0 Å². The monoisotopic (exact) mass is 450 g/mol. The highest BCUT2D eigenvalue weighted by Crippen LogP contribution is 2.30. The second kappa shape index (κ2) is 7.58. The molecule has 2 aromatic carbocycles. The molecule has 27 heavy (non-hydrogen) atoms. The number of nitrogens with zero attached hydrogens (tertiary/aromatic N) is 2. The van der Waals surface area contributed by atoms with Crippen molar-refractivity contribution in [1.82, 2.24) is 20.4 Å². The number of amides is 1. The Morgan fingerprint density at radius 3 is 2.74 bits per heavy atom. The van der Waals surface area contributed by atoms with Crippen molar-refractivity contribution >= 4 is 44.5 Å². The van der Waals surface area contributed by atoms with Gasteiger partial charge in [-0.2, -0.15) is 0 Å². The number of aromatic nitrogens is 2. The van der Waals surface area contributed by atoms with E-state index in [2.05, 4.69) is 31.3 Å². The molecule has 0 aliphatic carbocycles. The highest BCUT2D eigenvalue weighted by Gasteiger charge is 2.16. The van der Waals surface area contributed by atoms with Crippen molar-refractivity contribution in [1.29, 1.82) is 0 Å². The molecule has 0 atom stereocenters. The average molecular weight is 452 g/mol. The molecule has 0 bridgehead atoms. The normalized spacial score (nSPS) is 15.2. The lowest BCUT2D eigenvalue weighted by Crippen LogP contribution is -2.45. The Morgan fingerprint density at radius 1 is 1.22 bits per heavy atom. The largest absolute Gasteiger partial charge is 0.338 e. The second-order valence-corrected chi connectivity index (χ2v) is 7.81. The molecular weight excluding hydrogens is 435 g/mol. The molecule has 0 saturated carbocycles. The van der Waals surface area contributed by atoms with E-state index in [4.69, 9.17) is 11.6 Å². The standard InChI is InChI=1S/C19H17BrClFN4O/c20-13-8-11(19(27)25-26-6-2-1-3-7-26)4-5-12(13)18-23-16-9-14(21)15(22)10-17(16)24-18/h4-5,8-10H,1-3,6-7H2,(H,23,24)(H,25,27). The lowest BCUT2D eigenvalue weighted by Gasteiger charge is -2.26.